The van der Waals surface area contributed by atoms with Crippen LogP contribution in [0.3, 0.4) is 0 Å². The second-order valence-electron chi connectivity index (χ2n) is 8.72. The fraction of sp³-hybridized carbons (Fsp3) is 0.286. The molecule has 0 fully saturated rings. The first-order valence-electron chi connectivity index (χ1n) is 11.8. The van der Waals surface area contributed by atoms with Gasteiger partial charge in [0.05, 0.1) is 39.1 Å². The summed E-state index contributed by atoms with van der Waals surface area (Å²) in [6.45, 7) is 5.46. The van der Waals surface area contributed by atoms with Crippen LogP contribution in [0.5, 0.6) is 11.5 Å². The summed E-state index contributed by atoms with van der Waals surface area (Å²) in [6, 6.07) is 15.7. The number of aromatic amines is 1. The number of rotatable bonds is 9. The fourth-order valence-electron chi connectivity index (χ4n) is 4.19. The van der Waals surface area contributed by atoms with Crippen molar-refractivity contribution < 1.29 is 13.9 Å². The minimum absolute atomic E-state index is 0.117. The molecule has 4 aromatic rings. The molecule has 2 N–H and O–H groups in total. The van der Waals surface area contributed by atoms with Gasteiger partial charge in [0.25, 0.3) is 5.56 Å². The van der Waals surface area contributed by atoms with Gasteiger partial charge in [-0.25, -0.2) is 0 Å². The monoisotopic (exact) mass is 505 g/mol. The van der Waals surface area contributed by atoms with Gasteiger partial charge in [-0.1, -0.05) is 18.2 Å². The van der Waals surface area contributed by atoms with Crippen LogP contribution in [0.1, 0.15) is 28.0 Å². The lowest BCUT2D eigenvalue weighted by molar-refractivity contribution is 0.350. The number of H-pyrrole nitrogens is 1. The number of hydrogen-bond acceptors (Lipinski definition) is 5. The maximum Gasteiger partial charge on any atom is 0.253 e. The van der Waals surface area contributed by atoms with Gasteiger partial charge in [0.15, 0.2) is 16.6 Å². The number of aryl methyl sites for hydroxylation is 2. The number of furan rings is 1. The minimum Gasteiger partial charge on any atom is -0.493 e. The normalized spacial score (nSPS) is 10.9. The molecule has 0 saturated heterocycles. The summed E-state index contributed by atoms with van der Waals surface area (Å²) in [7, 11) is 3.24. The summed E-state index contributed by atoms with van der Waals surface area (Å²) < 4.78 is 16.3. The molecule has 188 valence electrons. The third kappa shape index (κ3) is 5.71. The summed E-state index contributed by atoms with van der Waals surface area (Å²) in [5, 5.41) is 4.92. The topological polar surface area (TPSA) is 79.7 Å². The second-order valence-corrected chi connectivity index (χ2v) is 9.11. The van der Waals surface area contributed by atoms with E-state index in [-0.39, 0.29) is 5.56 Å². The van der Waals surface area contributed by atoms with Crippen molar-refractivity contribution >= 4 is 28.2 Å². The third-order valence-corrected chi connectivity index (χ3v) is 6.64. The lowest BCUT2D eigenvalue weighted by Crippen LogP contribution is -2.40. The van der Waals surface area contributed by atoms with Gasteiger partial charge in [-0.15, -0.1) is 0 Å². The van der Waals surface area contributed by atoms with Crippen molar-refractivity contribution in [1.82, 2.24) is 15.2 Å². The first kappa shape index (κ1) is 25.3. The number of nitrogens with one attached hydrogen (secondary N) is 2. The average molecular weight is 506 g/mol. The highest BCUT2D eigenvalue weighted by molar-refractivity contribution is 7.80. The Kier molecular flexibility index (Phi) is 7.95. The van der Waals surface area contributed by atoms with E-state index >= 15 is 0 Å². The highest BCUT2D eigenvalue weighted by Crippen LogP contribution is 2.27. The van der Waals surface area contributed by atoms with Crippen molar-refractivity contribution in [1.29, 1.82) is 0 Å². The highest BCUT2D eigenvalue weighted by Gasteiger charge is 2.16. The Morgan fingerprint density at radius 1 is 1.03 bits per heavy atom. The van der Waals surface area contributed by atoms with Crippen molar-refractivity contribution in [2.75, 3.05) is 20.8 Å². The van der Waals surface area contributed by atoms with E-state index in [2.05, 4.69) is 16.4 Å². The molecule has 2 aromatic heterocycles. The Morgan fingerprint density at radius 2 is 1.81 bits per heavy atom. The van der Waals surface area contributed by atoms with Crippen LogP contribution in [0.15, 0.2) is 64.0 Å². The van der Waals surface area contributed by atoms with Crippen LogP contribution in [-0.4, -0.2) is 35.8 Å². The van der Waals surface area contributed by atoms with E-state index in [1.165, 1.54) is 0 Å². The van der Waals surface area contributed by atoms with E-state index < -0.39 is 0 Å². The van der Waals surface area contributed by atoms with Gasteiger partial charge < -0.3 is 29.1 Å². The Labute approximate surface area is 216 Å². The smallest absolute Gasteiger partial charge is 0.253 e. The molecule has 7 nitrogen and oxygen atoms in total. The van der Waals surface area contributed by atoms with Crippen LogP contribution in [0.25, 0.3) is 10.9 Å². The van der Waals surface area contributed by atoms with Gasteiger partial charge in [0.2, 0.25) is 0 Å². The summed E-state index contributed by atoms with van der Waals surface area (Å²) in [5.41, 5.74) is 4.65. The Hall–Kier alpha value is -3.78. The Balaban J connectivity index is 1.51. The van der Waals surface area contributed by atoms with Gasteiger partial charge in [-0.3, -0.25) is 4.79 Å². The van der Waals surface area contributed by atoms with Crippen molar-refractivity contribution in [2.45, 2.75) is 33.4 Å². The predicted molar refractivity (Wildman–Crippen MR) is 146 cm³/mol. The van der Waals surface area contributed by atoms with E-state index in [0.717, 1.165) is 39.8 Å². The molecule has 0 amide bonds. The van der Waals surface area contributed by atoms with Crippen LogP contribution >= 0.6 is 12.2 Å². The SMILES string of the molecule is COc1ccc(CCNC(=S)N(Cc2ccco2)Cc2cc3c(C)ccc(C)c3[nH]c2=O)cc1OC. The molecular formula is C28H31N3O4S. The number of aromatic nitrogens is 1. The quantitative estimate of drug-likeness (QED) is 0.314. The van der Waals surface area contributed by atoms with Gasteiger partial charge in [0.1, 0.15) is 5.76 Å². The minimum atomic E-state index is -0.117. The van der Waals surface area contributed by atoms with Crippen molar-refractivity contribution in [3.05, 3.63) is 93.2 Å². The molecule has 0 aliphatic rings. The van der Waals surface area contributed by atoms with Gasteiger partial charge in [-0.05, 0) is 79.5 Å². The van der Waals surface area contributed by atoms with Crippen LogP contribution in [-0.2, 0) is 19.5 Å². The van der Waals surface area contributed by atoms with Gasteiger partial charge in [-0.2, -0.15) is 0 Å². The number of methoxy groups -OCH3 is 2. The number of thiocarbonyl (C=S) groups is 1. The number of benzene rings is 2. The average Bonchev–Trinajstić information content (AvgIpc) is 3.39. The molecule has 36 heavy (non-hydrogen) atoms. The maximum atomic E-state index is 13.0. The van der Waals surface area contributed by atoms with E-state index in [9.17, 15) is 4.79 Å². The number of nitrogens with zero attached hydrogens (tertiary/aromatic N) is 1. The van der Waals surface area contributed by atoms with Crippen molar-refractivity contribution in [2.24, 2.45) is 0 Å². The lowest BCUT2D eigenvalue weighted by Gasteiger charge is -2.25. The third-order valence-electron chi connectivity index (χ3n) is 6.23. The zero-order chi connectivity index (χ0) is 25.7. The first-order valence-corrected chi connectivity index (χ1v) is 12.2. The molecule has 0 saturated carbocycles. The number of hydrogen-bond donors (Lipinski definition) is 2. The molecular weight excluding hydrogens is 474 g/mol. The lowest BCUT2D eigenvalue weighted by atomic mass is 10.0. The molecule has 0 unspecified atom stereocenters. The molecule has 0 atom stereocenters. The van der Waals surface area contributed by atoms with E-state index in [4.69, 9.17) is 26.1 Å². The van der Waals surface area contributed by atoms with Crippen molar-refractivity contribution in [3.8, 4) is 11.5 Å². The summed E-state index contributed by atoms with van der Waals surface area (Å²) in [6.07, 6.45) is 2.38. The zero-order valence-electron chi connectivity index (χ0n) is 21.0. The van der Waals surface area contributed by atoms with Gasteiger partial charge in [0, 0.05) is 17.5 Å². The maximum absolute atomic E-state index is 13.0. The molecule has 0 spiro atoms. The molecule has 0 aliphatic carbocycles. The van der Waals surface area contributed by atoms with Crippen molar-refractivity contribution in [3.63, 3.8) is 0 Å². The zero-order valence-corrected chi connectivity index (χ0v) is 21.8. The van der Waals surface area contributed by atoms with Crippen LogP contribution < -0.4 is 20.3 Å². The van der Waals surface area contributed by atoms with Crippen LogP contribution in [0.2, 0.25) is 0 Å². The molecule has 2 heterocycles. The molecule has 2 aromatic carbocycles. The summed E-state index contributed by atoms with van der Waals surface area (Å²) in [4.78, 5) is 18.0. The molecule has 0 bridgehead atoms. The molecule has 8 heteroatoms. The van der Waals surface area contributed by atoms with E-state index in [1.807, 2.05) is 61.2 Å². The summed E-state index contributed by atoms with van der Waals surface area (Å²) in [5.74, 6) is 2.15. The van der Waals surface area contributed by atoms with Gasteiger partial charge >= 0.3 is 0 Å². The Bertz CT molecular complexity index is 1410. The molecule has 0 radical (unpaired) electrons. The second kappa shape index (κ2) is 11.3. The van der Waals surface area contributed by atoms with Crippen LogP contribution in [0, 0.1) is 13.8 Å². The largest absolute Gasteiger partial charge is 0.493 e. The predicted octanol–water partition coefficient (Wildman–Crippen LogP) is 4.87. The fourth-order valence-corrected chi connectivity index (χ4v) is 4.42. The number of ether oxygens (including phenoxy) is 2. The molecule has 4 rings (SSSR count). The molecule has 0 aliphatic heterocycles. The first-order chi connectivity index (χ1) is 17.4. The van der Waals surface area contributed by atoms with E-state index in [0.29, 0.717) is 41.8 Å². The van der Waals surface area contributed by atoms with E-state index in [1.54, 1.807) is 20.5 Å². The number of pyridine rings is 1. The Morgan fingerprint density at radius 3 is 2.53 bits per heavy atom. The summed E-state index contributed by atoms with van der Waals surface area (Å²) >= 11 is 5.75. The van der Waals surface area contributed by atoms with Crippen LogP contribution in [0.4, 0.5) is 0 Å². The highest BCUT2D eigenvalue weighted by atomic mass is 32.1. The standard InChI is InChI=1S/C28H31N3O4S/c1-18-7-8-19(2)26-23(18)15-21(27(32)30-26)16-31(17-22-6-5-13-35-22)28(36)29-12-11-20-9-10-24(33-3)25(14-20)34-4/h5-10,13-15H,11-12,16-17H2,1-4H3,(H,29,36)(H,30,32). The number of fused-ring (bicyclic) bond motifs is 1.